The van der Waals surface area contributed by atoms with E-state index in [-0.39, 0.29) is 22.5 Å². The zero-order chi connectivity index (χ0) is 22.5. The van der Waals surface area contributed by atoms with E-state index in [1.807, 2.05) is 0 Å². The van der Waals surface area contributed by atoms with Crippen molar-refractivity contribution in [3.63, 3.8) is 0 Å². The van der Waals surface area contributed by atoms with Crippen LogP contribution in [0.3, 0.4) is 0 Å². The first-order valence-corrected chi connectivity index (χ1v) is 13.5. The van der Waals surface area contributed by atoms with Crippen molar-refractivity contribution < 1.29 is 17.6 Å². The Labute approximate surface area is 191 Å². The summed E-state index contributed by atoms with van der Waals surface area (Å²) in [7, 11) is -3.31. The smallest absolute Gasteiger partial charge is 0.231 e. The highest BCUT2D eigenvalue weighted by molar-refractivity contribution is 7.90. The first-order valence-electron chi connectivity index (χ1n) is 9.99. The van der Waals surface area contributed by atoms with Gasteiger partial charge in [0, 0.05) is 19.3 Å². The number of hydrogen-bond acceptors (Lipinski definition) is 8. The number of fused-ring (bicyclic) bond motifs is 2. The fourth-order valence-corrected chi connectivity index (χ4v) is 6.44. The third-order valence-corrected chi connectivity index (χ3v) is 8.54. The lowest BCUT2D eigenvalue weighted by Gasteiger charge is -2.31. The first kappa shape index (κ1) is 21.2. The molecule has 1 saturated heterocycles. The van der Waals surface area contributed by atoms with Crippen LogP contribution in [0, 0.1) is 11.7 Å². The average Bonchev–Trinajstić information content (AvgIpc) is 3.35. The average molecular weight is 491 g/mol. The van der Waals surface area contributed by atoms with Crippen LogP contribution in [0.1, 0.15) is 12.8 Å². The van der Waals surface area contributed by atoms with Gasteiger partial charge in [0.2, 0.25) is 5.91 Å². The standard InChI is InChI=1S/C21H19FN4O3S3/c1-32(28,29)14-5-7-15-18(10-14)30-20(23-15)25-19(27)12-3-2-8-26(11-12)21-24-16-6-4-13(22)9-17(16)31-21/h4-7,9-10,12H,2-3,8,11H2,1H3,(H,23,25,27). The minimum absolute atomic E-state index is 0.121. The van der Waals surface area contributed by atoms with Crippen molar-refractivity contribution in [2.24, 2.45) is 5.92 Å². The maximum atomic E-state index is 13.5. The van der Waals surface area contributed by atoms with Crippen molar-refractivity contribution in [2.45, 2.75) is 17.7 Å². The predicted molar refractivity (Wildman–Crippen MR) is 126 cm³/mol. The van der Waals surface area contributed by atoms with Crippen molar-refractivity contribution in [1.82, 2.24) is 9.97 Å². The number of nitrogens with one attached hydrogen (secondary N) is 1. The summed E-state index contributed by atoms with van der Waals surface area (Å²) in [5, 5.41) is 4.13. The van der Waals surface area contributed by atoms with Gasteiger partial charge in [-0.25, -0.2) is 22.8 Å². The normalized spacial score (nSPS) is 17.2. The van der Waals surface area contributed by atoms with E-state index < -0.39 is 9.84 Å². The molecule has 166 valence electrons. The molecule has 4 aromatic rings. The van der Waals surface area contributed by atoms with Gasteiger partial charge < -0.3 is 10.2 Å². The third-order valence-electron chi connectivity index (χ3n) is 5.42. The molecule has 0 bridgehead atoms. The SMILES string of the molecule is CS(=O)(=O)c1ccc2nc(NC(=O)C3CCCN(c4nc5ccc(F)cc5s4)C3)sc2c1. The van der Waals surface area contributed by atoms with Crippen LogP contribution in [0.15, 0.2) is 41.3 Å². The summed E-state index contributed by atoms with van der Waals surface area (Å²) in [6.07, 6.45) is 2.76. The van der Waals surface area contributed by atoms with E-state index >= 15 is 0 Å². The molecule has 0 saturated carbocycles. The number of piperidine rings is 1. The molecule has 1 aliphatic rings. The van der Waals surface area contributed by atoms with Gasteiger partial charge in [0.1, 0.15) is 5.82 Å². The summed E-state index contributed by atoms with van der Waals surface area (Å²) in [5.74, 6) is -0.640. The fourth-order valence-electron chi connectivity index (χ4n) is 3.78. The Morgan fingerprint density at radius 3 is 2.69 bits per heavy atom. The number of carbonyl (C=O) groups is 1. The molecule has 0 spiro atoms. The summed E-state index contributed by atoms with van der Waals surface area (Å²) in [5.41, 5.74) is 1.39. The summed E-state index contributed by atoms with van der Waals surface area (Å²) in [6, 6.07) is 9.29. The zero-order valence-corrected chi connectivity index (χ0v) is 19.5. The lowest BCUT2D eigenvalue weighted by Crippen LogP contribution is -2.40. The van der Waals surface area contributed by atoms with Gasteiger partial charge in [0.25, 0.3) is 0 Å². The molecule has 1 unspecified atom stereocenters. The molecule has 11 heteroatoms. The molecule has 0 radical (unpaired) electrons. The minimum Gasteiger partial charge on any atom is -0.347 e. The molecule has 1 aliphatic heterocycles. The van der Waals surface area contributed by atoms with Crippen LogP contribution in [0.25, 0.3) is 20.4 Å². The molecule has 2 aromatic carbocycles. The zero-order valence-electron chi connectivity index (χ0n) is 17.0. The minimum atomic E-state index is -3.31. The lowest BCUT2D eigenvalue weighted by molar-refractivity contribution is -0.120. The number of nitrogens with zero attached hydrogens (tertiary/aromatic N) is 3. The van der Waals surface area contributed by atoms with Gasteiger partial charge in [0.15, 0.2) is 20.1 Å². The maximum Gasteiger partial charge on any atom is 0.231 e. The number of thiazole rings is 2. The van der Waals surface area contributed by atoms with Crippen LogP contribution in [0.2, 0.25) is 0 Å². The van der Waals surface area contributed by atoms with Crippen molar-refractivity contribution in [3.8, 4) is 0 Å². The maximum absolute atomic E-state index is 13.5. The topological polar surface area (TPSA) is 92.3 Å². The number of benzene rings is 2. The number of halogens is 1. The largest absolute Gasteiger partial charge is 0.347 e. The molecule has 1 atom stereocenters. The summed E-state index contributed by atoms with van der Waals surface area (Å²) in [6.45, 7) is 1.32. The summed E-state index contributed by atoms with van der Waals surface area (Å²) < 4.78 is 38.5. The Morgan fingerprint density at radius 2 is 1.88 bits per heavy atom. The molecular weight excluding hydrogens is 471 g/mol. The number of rotatable bonds is 4. The van der Waals surface area contributed by atoms with E-state index in [1.165, 1.54) is 40.9 Å². The van der Waals surface area contributed by atoms with Crippen molar-refractivity contribution >= 4 is 69.1 Å². The number of amides is 1. The molecule has 2 aromatic heterocycles. The Bertz CT molecular complexity index is 1450. The van der Waals surface area contributed by atoms with Crippen LogP contribution in [-0.4, -0.2) is 43.6 Å². The molecule has 0 aliphatic carbocycles. The second-order valence-electron chi connectivity index (χ2n) is 7.80. The highest BCUT2D eigenvalue weighted by atomic mass is 32.2. The second-order valence-corrected chi connectivity index (χ2v) is 11.9. The van der Waals surface area contributed by atoms with Gasteiger partial charge in [-0.1, -0.05) is 22.7 Å². The third kappa shape index (κ3) is 4.19. The van der Waals surface area contributed by atoms with E-state index in [2.05, 4.69) is 20.2 Å². The fraction of sp³-hybridized carbons (Fsp3) is 0.286. The molecule has 1 fully saturated rings. The lowest BCUT2D eigenvalue weighted by atomic mass is 9.97. The van der Waals surface area contributed by atoms with E-state index in [0.29, 0.717) is 21.9 Å². The first-order chi connectivity index (χ1) is 15.3. The molecular formula is C21H19FN4O3S3. The number of carbonyl (C=O) groups excluding carboxylic acids is 1. The van der Waals surface area contributed by atoms with Gasteiger partial charge in [-0.05, 0) is 49.2 Å². The highest BCUT2D eigenvalue weighted by Gasteiger charge is 2.28. The summed E-state index contributed by atoms with van der Waals surface area (Å²) >= 11 is 2.68. The van der Waals surface area contributed by atoms with Gasteiger partial charge in [0.05, 0.1) is 31.2 Å². The number of sulfone groups is 1. The van der Waals surface area contributed by atoms with E-state index in [1.54, 1.807) is 18.2 Å². The highest BCUT2D eigenvalue weighted by Crippen LogP contribution is 2.33. The van der Waals surface area contributed by atoms with Gasteiger partial charge in [-0.2, -0.15) is 0 Å². The number of hydrogen-bond donors (Lipinski definition) is 1. The van der Waals surface area contributed by atoms with E-state index in [0.717, 1.165) is 41.0 Å². The van der Waals surface area contributed by atoms with Crippen LogP contribution >= 0.6 is 22.7 Å². The summed E-state index contributed by atoms with van der Waals surface area (Å²) in [4.78, 5) is 24.3. The number of aromatic nitrogens is 2. The second kappa shape index (κ2) is 8.05. The van der Waals surface area contributed by atoms with Crippen LogP contribution in [0.5, 0.6) is 0 Å². The van der Waals surface area contributed by atoms with Gasteiger partial charge >= 0.3 is 0 Å². The molecule has 1 N–H and O–H groups in total. The monoisotopic (exact) mass is 490 g/mol. The predicted octanol–water partition coefficient (Wildman–Crippen LogP) is 4.30. The Kier molecular flexibility index (Phi) is 5.34. The van der Waals surface area contributed by atoms with E-state index in [4.69, 9.17) is 0 Å². The Hall–Kier alpha value is -2.63. The molecule has 1 amide bonds. The Morgan fingerprint density at radius 1 is 1.12 bits per heavy atom. The Balaban J connectivity index is 1.31. The van der Waals surface area contributed by atoms with Crippen LogP contribution in [0.4, 0.5) is 14.7 Å². The van der Waals surface area contributed by atoms with Gasteiger partial charge in [-0.15, -0.1) is 0 Å². The van der Waals surface area contributed by atoms with E-state index in [9.17, 15) is 17.6 Å². The molecule has 32 heavy (non-hydrogen) atoms. The molecule has 3 heterocycles. The van der Waals surface area contributed by atoms with Crippen molar-refractivity contribution in [3.05, 3.63) is 42.2 Å². The number of anilines is 2. The molecule has 5 rings (SSSR count). The van der Waals surface area contributed by atoms with Crippen LogP contribution in [-0.2, 0) is 14.6 Å². The molecule has 7 nitrogen and oxygen atoms in total. The van der Waals surface area contributed by atoms with Crippen LogP contribution < -0.4 is 10.2 Å². The van der Waals surface area contributed by atoms with Crippen molar-refractivity contribution in [2.75, 3.05) is 29.6 Å². The quantitative estimate of drug-likeness (QED) is 0.459. The van der Waals surface area contributed by atoms with Crippen molar-refractivity contribution in [1.29, 1.82) is 0 Å². The van der Waals surface area contributed by atoms with Gasteiger partial charge in [-0.3, -0.25) is 4.79 Å².